The molecule has 0 bridgehead atoms. The highest BCUT2D eigenvalue weighted by Gasteiger charge is 2.21. The second kappa shape index (κ2) is 8.64. The summed E-state index contributed by atoms with van der Waals surface area (Å²) in [5, 5.41) is -0.656. The summed E-state index contributed by atoms with van der Waals surface area (Å²) >= 11 is -2.11. The van der Waals surface area contributed by atoms with Gasteiger partial charge in [0, 0.05) is 24.9 Å². The van der Waals surface area contributed by atoms with Crippen molar-refractivity contribution in [2.45, 2.75) is 18.6 Å². The lowest BCUT2D eigenvalue weighted by atomic mass is 10.0. The molecule has 166 valence electrons. The van der Waals surface area contributed by atoms with Gasteiger partial charge in [-0.25, -0.2) is 18.0 Å². The molecule has 0 saturated heterocycles. The van der Waals surface area contributed by atoms with Crippen LogP contribution in [0.15, 0.2) is 59.9 Å². The molecule has 4 rings (SSSR count). The van der Waals surface area contributed by atoms with E-state index in [-0.39, 0.29) is 17.1 Å². The number of hydrogen-bond donors (Lipinski definition) is 1. The zero-order chi connectivity index (χ0) is 23.0. The van der Waals surface area contributed by atoms with E-state index in [0.717, 1.165) is 6.07 Å². The minimum Gasteiger partial charge on any atom is -0.454 e. The molecule has 32 heavy (non-hydrogen) atoms. The molecule has 10 heteroatoms. The summed E-state index contributed by atoms with van der Waals surface area (Å²) in [6.07, 6.45) is 4.86. The summed E-state index contributed by atoms with van der Waals surface area (Å²) in [4.78, 5) is 16.5. The van der Waals surface area contributed by atoms with E-state index in [1.165, 1.54) is 23.2 Å². The molecule has 0 aliphatic rings. The SMILES string of the molecule is CCC(c1ccc(Oc2ccc(F)cc2F)c(-c2cn(C)c(=O)c3cncn23)c1)S(=O)O. The first-order chi connectivity index (χ1) is 15.3. The number of nitrogens with zero attached hydrogens (tertiary/aromatic N) is 3. The average Bonchev–Trinajstić information content (AvgIpc) is 3.24. The van der Waals surface area contributed by atoms with Gasteiger partial charge in [-0.2, -0.15) is 0 Å². The van der Waals surface area contributed by atoms with Crippen LogP contribution in [0.25, 0.3) is 16.8 Å². The van der Waals surface area contributed by atoms with E-state index in [9.17, 15) is 22.3 Å². The van der Waals surface area contributed by atoms with E-state index in [2.05, 4.69) is 4.98 Å². The lowest BCUT2D eigenvalue weighted by Gasteiger charge is -2.18. The smallest absolute Gasteiger partial charge is 0.276 e. The van der Waals surface area contributed by atoms with E-state index < -0.39 is 28.0 Å². The molecule has 0 radical (unpaired) electrons. The van der Waals surface area contributed by atoms with Crippen LogP contribution in [0.2, 0.25) is 0 Å². The maximum atomic E-state index is 14.3. The van der Waals surface area contributed by atoms with Crippen molar-refractivity contribution < 1.29 is 22.3 Å². The largest absolute Gasteiger partial charge is 0.454 e. The minimum absolute atomic E-state index is 0.190. The van der Waals surface area contributed by atoms with Crippen molar-refractivity contribution in [2.24, 2.45) is 7.05 Å². The third kappa shape index (κ3) is 3.94. The second-order valence-corrected chi connectivity index (χ2v) is 8.31. The van der Waals surface area contributed by atoms with E-state index in [1.54, 1.807) is 42.8 Å². The Labute approximate surface area is 184 Å². The number of hydrogen-bond acceptors (Lipinski definition) is 4. The summed E-state index contributed by atoms with van der Waals surface area (Å²) in [7, 11) is 1.58. The van der Waals surface area contributed by atoms with E-state index in [1.807, 2.05) is 0 Å². The number of aromatic nitrogens is 3. The molecule has 0 fully saturated rings. The number of fused-ring (bicyclic) bond motifs is 1. The van der Waals surface area contributed by atoms with Crippen molar-refractivity contribution in [3.05, 3.63) is 82.7 Å². The third-order valence-corrected chi connectivity index (χ3v) is 6.23. The molecule has 2 aromatic heterocycles. The van der Waals surface area contributed by atoms with Crippen molar-refractivity contribution in [1.82, 2.24) is 14.0 Å². The highest BCUT2D eigenvalue weighted by Crippen LogP contribution is 2.37. The number of halogens is 2. The van der Waals surface area contributed by atoms with Gasteiger partial charge in [0.05, 0.1) is 23.5 Å². The standard InChI is InChI=1S/C22H19F2N3O4S/c1-3-21(32(29)30)13-4-6-19(31-20-7-5-14(23)9-16(20)24)15(8-13)18-11-26(2)22(28)17-10-25-12-27(17)18/h4-12,21H,3H2,1-2H3,(H,29,30). The van der Waals surface area contributed by atoms with Gasteiger partial charge in [0.1, 0.15) is 17.1 Å². The summed E-state index contributed by atoms with van der Waals surface area (Å²) in [6.45, 7) is 1.79. The number of ether oxygens (including phenoxy) is 1. The number of benzene rings is 2. The van der Waals surface area contributed by atoms with Crippen LogP contribution in [-0.2, 0) is 18.1 Å². The highest BCUT2D eigenvalue weighted by molar-refractivity contribution is 7.79. The molecule has 2 aromatic carbocycles. The van der Waals surface area contributed by atoms with Crippen LogP contribution in [0.1, 0.15) is 24.2 Å². The molecule has 2 atom stereocenters. The Kier molecular flexibility index (Phi) is 5.90. The van der Waals surface area contributed by atoms with E-state index in [4.69, 9.17) is 4.74 Å². The van der Waals surface area contributed by atoms with Crippen LogP contribution in [-0.4, -0.2) is 22.7 Å². The summed E-state index contributed by atoms with van der Waals surface area (Å²) < 4.78 is 57.8. The third-order valence-electron chi connectivity index (χ3n) is 5.13. The Hall–Kier alpha value is -3.37. The fourth-order valence-corrected chi connectivity index (χ4v) is 4.20. The lowest BCUT2D eigenvalue weighted by molar-refractivity contribution is 0.438. The first-order valence-electron chi connectivity index (χ1n) is 9.68. The van der Waals surface area contributed by atoms with Crippen molar-refractivity contribution in [3.8, 4) is 22.8 Å². The molecular weight excluding hydrogens is 440 g/mol. The van der Waals surface area contributed by atoms with Crippen LogP contribution < -0.4 is 10.3 Å². The number of rotatable bonds is 6. The van der Waals surface area contributed by atoms with Crippen LogP contribution in [0.5, 0.6) is 11.5 Å². The number of aryl methyl sites for hydroxylation is 1. The molecule has 0 aliphatic heterocycles. The zero-order valence-corrected chi connectivity index (χ0v) is 18.0. The molecular formula is C22H19F2N3O4S. The Bertz CT molecular complexity index is 1400. The van der Waals surface area contributed by atoms with Gasteiger partial charge >= 0.3 is 0 Å². The van der Waals surface area contributed by atoms with Crippen molar-refractivity contribution in [1.29, 1.82) is 0 Å². The van der Waals surface area contributed by atoms with Crippen molar-refractivity contribution in [2.75, 3.05) is 0 Å². The fraction of sp³-hybridized carbons (Fsp3) is 0.182. The van der Waals surface area contributed by atoms with Gasteiger partial charge in [0.15, 0.2) is 22.6 Å². The van der Waals surface area contributed by atoms with Crippen molar-refractivity contribution in [3.63, 3.8) is 0 Å². The van der Waals surface area contributed by atoms with Gasteiger partial charge in [-0.3, -0.25) is 9.20 Å². The van der Waals surface area contributed by atoms with Gasteiger partial charge in [0.2, 0.25) is 0 Å². The summed E-state index contributed by atoms with van der Waals surface area (Å²) in [6, 6.07) is 7.80. The van der Waals surface area contributed by atoms with E-state index >= 15 is 0 Å². The van der Waals surface area contributed by atoms with Gasteiger partial charge in [-0.1, -0.05) is 13.0 Å². The van der Waals surface area contributed by atoms with E-state index in [0.29, 0.717) is 34.8 Å². The van der Waals surface area contributed by atoms with Crippen molar-refractivity contribution >= 4 is 16.6 Å². The number of imidazole rings is 1. The fourth-order valence-electron chi connectivity index (χ4n) is 3.54. The molecule has 2 unspecified atom stereocenters. The molecule has 4 aromatic rings. The monoisotopic (exact) mass is 459 g/mol. The molecule has 2 heterocycles. The minimum atomic E-state index is -2.11. The van der Waals surface area contributed by atoms with Gasteiger partial charge < -0.3 is 13.9 Å². The molecule has 0 spiro atoms. The average molecular weight is 459 g/mol. The summed E-state index contributed by atoms with van der Waals surface area (Å²) in [5.41, 5.74) is 1.55. The molecule has 7 nitrogen and oxygen atoms in total. The summed E-state index contributed by atoms with van der Waals surface area (Å²) in [5.74, 6) is -1.59. The quantitative estimate of drug-likeness (QED) is 0.431. The topological polar surface area (TPSA) is 85.8 Å². The Morgan fingerprint density at radius 1 is 1.19 bits per heavy atom. The maximum Gasteiger partial charge on any atom is 0.276 e. The zero-order valence-electron chi connectivity index (χ0n) is 17.2. The molecule has 0 amide bonds. The molecule has 0 saturated carbocycles. The van der Waals surface area contributed by atoms with Crippen LogP contribution in [0.3, 0.4) is 0 Å². The maximum absolute atomic E-state index is 14.3. The van der Waals surface area contributed by atoms with Gasteiger partial charge in [-0.05, 0) is 36.2 Å². The van der Waals surface area contributed by atoms with Gasteiger partial charge in [-0.15, -0.1) is 0 Å². The van der Waals surface area contributed by atoms with Crippen LogP contribution in [0, 0.1) is 11.6 Å². The highest BCUT2D eigenvalue weighted by atomic mass is 32.2. The first kappa shape index (κ1) is 21.8. The Morgan fingerprint density at radius 2 is 1.94 bits per heavy atom. The van der Waals surface area contributed by atoms with Gasteiger partial charge in [0.25, 0.3) is 5.56 Å². The first-order valence-corrected chi connectivity index (χ1v) is 10.9. The molecule has 1 N–H and O–H groups in total. The normalized spacial score (nSPS) is 13.3. The van der Waals surface area contributed by atoms with Crippen LogP contribution >= 0.6 is 0 Å². The predicted molar refractivity (Wildman–Crippen MR) is 116 cm³/mol. The lowest BCUT2D eigenvalue weighted by Crippen LogP contribution is -2.19. The van der Waals surface area contributed by atoms with Crippen LogP contribution in [0.4, 0.5) is 8.78 Å². The predicted octanol–water partition coefficient (Wildman–Crippen LogP) is 4.44. The second-order valence-electron chi connectivity index (χ2n) is 7.18. The Balaban J connectivity index is 1.96. The molecule has 0 aliphatic carbocycles. The Morgan fingerprint density at radius 3 is 2.62 bits per heavy atom.